The van der Waals surface area contributed by atoms with E-state index in [2.05, 4.69) is 15.5 Å². The third-order valence-corrected chi connectivity index (χ3v) is 3.89. The zero-order valence-corrected chi connectivity index (χ0v) is 13.1. The van der Waals surface area contributed by atoms with E-state index in [9.17, 15) is 4.79 Å². The number of aromatic nitrogens is 2. The molecule has 1 aliphatic rings. The van der Waals surface area contributed by atoms with Gasteiger partial charge < -0.3 is 15.6 Å². The van der Waals surface area contributed by atoms with Crippen LogP contribution in [0.2, 0.25) is 0 Å². The van der Waals surface area contributed by atoms with Gasteiger partial charge in [0.15, 0.2) is 5.82 Å². The number of hydrogen-bond donors (Lipinski definition) is 2. The van der Waals surface area contributed by atoms with Gasteiger partial charge in [-0.05, 0) is 38.3 Å². The van der Waals surface area contributed by atoms with Crippen LogP contribution >= 0.6 is 12.4 Å². The minimum absolute atomic E-state index is 0. The molecule has 118 valence electrons. The van der Waals surface area contributed by atoms with Gasteiger partial charge in [0, 0.05) is 5.56 Å². The number of nitrogens with zero attached hydrogens (tertiary/aromatic N) is 2. The number of carbonyl (C=O) groups is 1. The molecular formula is C15H19ClN4O2. The summed E-state index contributed by atoms with van der Waals surface area (Å²) in [5.74, 6) is 0.740. The Hall–Kier alpha value is -1.92. The Morgan fingerprint density at radius 2 is 2.05 bits per heavy atom. The summed E-state index contributed by atoms with van der Waals surface area (Å²) in [6.45, 7) is 1.81. The highest BCUT2D eigenvalue weighted by Gasteiger charge is 2.39. The molecule has 7 heteroatoms. The fraction of sp³-hybridized carbons (Fsp3) is 0.400. The van der Waals surface area contributed by atoms with Crippen molar-refractivity contribution < 1.29 is 9.32 Å². The number of halogens is 1. The molecule has 3 rings (SSSR count). The second-order valence-corrected chi connectivity index (χ2v) is 5.53. The lowest BCUT2D eigenvalue weighted by Gasteiger charge is -2.34. The van der Waals surface area contributed by atoms with E-state index in [4.69, 9.17) is 10.3 Å². The lowest BCUT2D eigenvalue weighted by Crippen LogP contribution is -2.44. The van der Waals surface area contributed by atoms with Crippen LogP contribution in [0.3, 0.4) is 0 Å². The minimum atomic E-state index is -0.453. The van der Waals surface area contributed by atoms with Gasteiger partial charge in [-0.1, -0.05) is 23.4 Å². The Morgan fingerprint density at radius 1 is 1.36 bits per heavy atom. The highest BCUT2D eigenvalue weighted by atomic mass is 35.5. The number of rotatable bonds is 4. The first-order valence-electron chi connectivity index (χ1n) is 7.07. The molecule has 0 saturated heterocycles. The van der Waals surface area contributed by atoms with E-state index in [0.717, 1.165) is 19.3 Å². The summed E-state index contributed by atoms with van der Waals surface area (Å²) in [4.78, 5) is 16.4. The van der Waals surface area contributed by atoms with E-state index < -0.39 is 5.54 Å². The summed E-state index contributed by atoms with van der Waals surface area (Å²) in [6, 6.07) is 8.65. The van der Waals surface area contributed by atoms with E-state index in [0.29, 0.717) is 17.3 Å². The molecule has 0 radical (unpaired) electrons. The van der Waals surface area contributed by atoms with Crippen molar-refractivity contribution in [2.45, 2.75) is 37.8 Å². The predicted octanol–water partition coefficient (Wildman–Crippen LogP) is 2.32. The molecule has 1 heterocycles. The lowest BCUT2D eigenvalue weighted by atomic mass is 9.77. The van der Waals surface area contributed by atoms with Crippen molar-refractivity contribution >= 4 is 18.3 Å². The van der Waals surface area contributed by atoms with Gasteiger partial charge in [-0.15, -0.1) is 12.4 Å². The topological polar surface area (TPSA) is 94.0 Å². The minimum Gasteiger partial charge on any atom is -0.341 e. The van der Waals surface area contributed by atoms with Crippen molar-refractivity contribution in [1.29, 1.82) is 0 Å². The summed E-state index contributed by atoms with van der Waals surface area (Å²) in [5.41, 5.74) is 6.30. The normalized spacial score (nSPS) is 17.0. The zero-order chi connectivity index (χ0) is 14.9. The third-order valence-electron chi connectivity index (χ3n) is 3.89. The van der Waals surface area contributed by atoms with Gasteiger partial charge >= 0.3 is 0 Å². The maximum atomic E-state index is 12.1. The van der Waals surface area contributed by atoms with Crippen molar-refractivity contribution in [1.82, 2.24) is 15.5 Å². The molecule has 1 amide bonds. The van der Waals surface area contributed by atoms with Crippen LogP contribution in [0.5, 0.6) is 0 Å². The molecule has 6 nitrogen and oxygen atoms in total. The molecular weight excluding hydrogens is 304 g/mol. The van der Waals surface area contributed by atoms with Gasteiger partial charge in [-0.3, -0.25) is 4.79 Å². The van der Waals surface area contributed by atoms with Crippen LogP contribution in [0.4, 0.5) is 0 Å². The fourth-order valence-corrected chi connectivity index (χ4v) is 2.33. The van der Waals surface area contributed by atoms with Crippen LogP contribution in [0.1, 0.15) is 54.3 Å². The van der Waals surface area contributed by atoms with E-state index in [1.165, 1.54) is 0 Å². The Balaban J connectivity index is 0.00000176. The molecule has 22 heavy (non-hydrogen) atoms. The maximum absolute atomic E-state index is 12.1. The Bertz CT molecular complexity index is 640. The number of hydrogen-bond acceptors (Lipinski definition) is 5. The summed E-state index contributed by atoms with van der Waals surface area (Å²) >= 11 is 0. The third kappa shape index (κ3) is 3.13. The largest absolute Gasteiger partial charge is 0.341 e. The molecule has 1 atom stereocenters. The first kappa shape index (κ1) is 16.5. The quantitative estimate of drug-likeness (QED) is 0.901. The summed E-state index contributed by atoms with van der Waals surface area (Å²) in [6.07, 6.45) is 2.83. The highest BCUT2D eigenvalue weighted by Crippen LogP contribution is 2.37. The Kier molecular flexibility index (Phi) is 4.83. The standard InChI is InChI=1S/C15H18N4O2.ClH/c1-10(17-12(20)11-6-3-2-4-7-11)13-18-14(19-21-13)15(16)8-5-9-15;/h2-4,6-7,10H,5,8-9,16H2,1H3,(H,17,20);1H. The molecule has 1 aromatic heterocycles. The Morgan fingerprint density at radius 3 is 2.64 bits per heavy atom. The molecule has 3 N–H and O–H groups in total. The number of benzene rings is 1. The smallest absolute Gasteiger partial charge is 0.251 e. The number of nitrogens with one attached hydrogen (secondary N) is 1. The monoisotopic (exact) mass is 322 g/mol. The number of amides is 1. The molecule has 1 fully saturated rings. The van der Waals surface area contributed by atoms with Crippen LogP contribution in [0, 0.1) is 0 Å². The van der Waals surface area contributed by atoms with E-state index in [1.807, 2.05) is 25.1 Å². The van der Waals surface area contributed by atoms with Gasteiger partial charge in [0.25, 0.3) is 5.91 Å². The van der Waals surface area contributed by atoms with Gasteiger partial charge in [0.05, 0.1) is 5.54 Å². The molecule has 1 aliphatic carbocycles. The number of nitrogens with two attached hydrogens (primary N) is 1. The van der Waals surface area contributed by atoms with E-state index >= 15 is 0 Å². The van der Waals surface area contributed by atoms with E-state index in [-0.39, 0.29) is 24.4 Å². The van der Waals surface area contributed by atoms with Crippen molar-refractivity contribution in [3.8, 4) is 0 Å². The molecule has 0 bridgehead atoms. The van der Waals surface area contributed by atoms with Crippen LogP contribution in [-0.2, 0) is 5.54 Å². The molecule has 0 spiro atoms. The van der Waals surface area contributed by atoms with Crippen LogP contribution < -0.4 is 11.1 Å². The second kappa shape index (κ2) is 6.46. The maximum Gasteiger partial charge on any atom is 0.251 e. The lowest BCUT2D eigenvalue weighted by molar-refractivity contribution is 0.0932. The van der Waals surface area contributed by atoms with Gasteiger partial charge in [-0.25, -0.2) is 0 Å². The van der Waals surface area contributed by atoms with E-state index in [1.54, 1.807) is 12.1 Å². The first-order chi connectivity index (χ1) is 10.1. The second-order valence-electron chi connectivity index (χ2n) is 5.53. The van der Waals surface area contributed by atoms with Crippen LogP contribution in [0.25, 0.3) is 0 Å². The SMILES string of the molecule is CC(NC(=O)c1ccccc1)c1nc(C2(N)CCC2)no1.Cl. The fourth-order valence-electron chi connectivity index (χ4n) is 2.33. The van der Waals surface area contributed by atoms with Crippen molar-refractivity contribution in [2.75, 3.05) is 0 Å². The van der Waals surface area contributed by atoms with Gasteiger partial charge in [0.2, 0.25) is 5.89 Å². The molecule has 1 saturated carbocycles. The Labute approximate surface area is 134 Å². The first-order valence-corrected chi connectivity index (χ1v) is 7.07. The zero-order valence-electron chi connectivity index (χ0n) is 12.3. The molecule has 1 aromatic carbocycles. The van der Waals surface area contributed by atoms with Crippen molar-refractivity contribution in [2.24, 2.45) is 5.73 Å². The van der Waals surface area contributed by atoms with Crippen molar-refractivity contribution in [3.63, 3.8) is 0 Å². The average Bonchev–Trinajstić information content (AvgIpc) is 2.96. The predicted molar refractivity (Wildman–Crippen MR) is 83.6 cm³/mol. The van der Waals surface area contributed by atoms with Crippen LogP contribution in [0.15, 0.2) is 34.9 Å². The highest BCUT2D eigenvalue weighted by molar-refractivity contribution is 5.94. The molecule has 1 unspecified atom stereocenters. The summed E-state index contributed by atoms with van der Waals surface area (Å²) in [7, 11) is 0. The summed E-state index contributed by atoms with van der Waals surface area (Å²) in [5, 5.41) is 6.79. The number of carbonyl (C=O) groups excluding carboxylic acids is 1. The van der Waals surface area contributed by atoms with Gasteiger partial charge in [-0.2, -0.15) is 4.98 Å². The molecule has 2 aromatic rings. The van der Waals surface area contributed by atoms with Crippen molar-refractivity contribution in [3.05, 3.63) is 47.6 Å². The average molecular weight is 323 g/mol. The molecule has 0 aliphatic heterocycles. The van der Waals surface area contributed by atoms with Crippen LogP contribution in [-0.4, -0.2) is 16.0 Å². The summed E-state index contributed by atoms with van der Waals surface area (Å²) < 4.78 is 5.23. The van der Waals surface area contributed by atoms with Gasteiger partial charge in [0.1, 0.15) is 6.04 Å².